The molecule has 0 saturated heterocycles. The predicted octanol–water partition coefficient (Wildman–Crippen LogP) is 2.10. The zero-order valence-corrected chi connectivity index (χ0v) is 13.2. The van der Waals surface area contributed by atoms with Gasteiger partial charge in [0.1, 0.15) is 35.6 Å². The summed E-state index contributed by atoms with van der Waals surface area (Å²) in [5.74, 6) is 1.94. The van der Waals surface area contributed by atoms with Gasteiger partial charge < -0.3 is 24.4 Å². The van der Waals surface area contributed by atoms with E-state index in [2.05, 4.69) is 0 Å². The van der Waals surface area contributed by atoms with Gasteiger partial charge in [0.2, 0.25) is 0 Å². The van der Waals surface area contributed by atoms with E-state index in [0.717, 1.165) is 11.3 Å². The van der Waals surface area contributed by atoms with Crippen LogP contribution in [0.1, 0.15) is 17.2 Å². The van der Waals surface area contributed by atoms with E-state index in [1.807, 2.05) is 24.3 Å². The van der Waals surface area contributed by atoms with Crippen LogP contribution in [0.5, 0.6) is 17.2 Å². The second-order valence-electron chi connectivity index (χ2n) is 5.72. The van der Waals surface area contributed by atoms with Crippen LogP contribution >= 0.6 is 0 Å². The molecule has 23 heavy (non-hydrogen) atoms. The average Bonchev–Trinajstić information content (AvgIpc) is 2.59. The zero-order chi connectivity index (χ0) is 16.4. The van der Waals surface area contributed by atoms with E-state index in [4.69, 9.17) is 14.2 Å². The van der Waals surface area contributed by atoms with E-state index in [0.29, 0.717) is 17.1 Å². The number of ether oxygens (including phenoxy) is 3. The van der Waals surface area contributed by atoms with Gasteiger partial charge in [-0.05, 0) is 29.8 Å². The van der Waals surface area contributed by atoms with E-state index >= 15 is 0 Å². The molecule has 122 valence electrons. The minimum atomic E-state index is -1.38. The molecule has 0 spiro atoms. The molecule has 1 aliphatic rings. The van der Waals surface area contributed by atoms with Gasteiger partial charge in [0.05, 0.1) is 14.2 Å². The number of hydrogen-bond donors (Lipinski definition) is 2. The molecule has 0 amide bonds. The lowest BCUT2D eigenvalue weighted by atomic mass is 9.84. The molecule has 0 bridgehead atoms. The lowest BCUT2D eigenvalue weighted by Gasteiger charge is -2.38. The maximum atomic E-state index is 10.9. The number of fused-ring (bicyclic) bond motifs is 1. The lowest BCUT2D eigenvalue weighted by molar-refractivity contribution is -0.114. The van der Waals surface area contributed by atoms with Gasteiger partial charge in [0.25, 0.3) is 0 Å². The zero-order valence-electron chi connectivity index (χ0n) is 13.2. The largest absolute Gasteiger partial charge is 0.497 e. The summed E-state index contributed by atoms with van der Waals surface area (Å²) in [6.45, 7) is 0.0142. The SMILES string of the molecule is COc1ccc(CC2(O)COc3cc(OC)ccc3C2O)cc1. The number of methoxy groups -OCH3 is 2. The third-order valence-corrected chi connectivity index (χ3v) is 4.17. The Morgan fingerprint density at radius 2 is 1.74 bits per heavy atom. The summed E-state index contributed by atoms with van der Waals surface area (Å²) in [6.07, 6.45) is -0.747. The van der Waals surface area contributed by atoms with E-state index in [1.165, 1.54) is 0 Å². The lowest BCUT2D eigenvalue weighted by Crippen LogP contribution is -2.47. The maximum Gasteiger partial charge on any atom is 0.133 e. The van der Waals surface area contributed by atoms with Crippen molar-refractivity contribution in [2.45, 2.75) is 18.1 Å². The summed E-state index contributed by atoms with van der Waals surface area (Å²) in [7, 11) is 3.17. The van der Waals surface area contributed by atoms with Gasteiger partial charge in [-0.15, -0.1) is 0 Å². The molecule has 0 aromatic heterocycles. The topological polar surface area (TPSA) is 68.2 Å². The Morgan fingerprint density at radius 1 is 1.09 bits per heavy atom. The maximum absolute atomic E-state index is 10.9. The molecule has 0 saturated carbocycles. The van der Waals surface area contributed by atoms with Crippen molar-refractivity contribution in [3.05, 3.63) is 53.6 Å². The van der Waals surface area contributed by atoms with Crippen LogP contribution in [0.4, 0.5) is 0 Å². The fourth-order valence-electron chi connectivity index (χ4n) is 2.81. The van der Waals surface area contributed by atoms with Crippen molar-refractivity contribution in [2.75, 3.05) is 20.8 Å². The molecule has 0 aliphatic carbocycles. The molecule has 3 rings (SSSR count). The van der Waals surface area contributed by atoms with Crippen molar-refractivity contribution >= 4 is 0 Å². The van der Waals surface area contributed by atoms with Gasteiger partial charge in [-0.2, -0.15) is 0 Å². The van der Waals surface area contributed by atoms with Gasteiger partial charge in [-0.3, -0.25) is 0 Å². The molecule has 2 atom stereocenters. The molecular weight excluding hydrogens is 296 g/mol. The van der Waals surface area contributed by atoms with Crippen LogP contribution in [-0.2, 0) is 6.42 Å². The van der Waals surface area contributed by atoms with Crippen molar-refractivity contribution in [3.8, 4) is 17.2 Å². The van der Waals surface area contributed by atoms with Crippen LogP contribution < -0.4 is 14.2 Å². The monoisotopic (exact) mass is 316 g/mol. The highest BCUT2D eigenvalue weighted by molar-refractivity contribution is 5.45. The number of aliphatic hydroxyl groups excluding tert-OH is 1. The van der Waals surface area contributed by atoms with E-state index in [9.17, 15) is 10.2 Å². The summed E-state index contributed by atoms with van der Waals surface area (Å²) in [6, 6.07) is 12.6. The quantitative estimate of drug-likeness (QED) is 0.904. The smallest absolute Gasteiger partial charge is 0.133 e. The highest BCUT2D eigenvalue weighted by Crippen LogP contribution is 2.41. The number of benzene rings is 2. The van der Waals surface area contributed by atoms with Crippen molar-refractivity contribution < 1.29 is 24.4 Å². The molecule has 2 aromatic carbocycles. The molecule has 1 aliphatic heterocycles. The Kier molecular flexibility index (Phi) is 4.15. The first-order valence-corrected chi connectivity index (χ1v) is 7.40. The standard InChI is InChI=1S/C18H20O5/c1-21-13-5-3-12(4-6-13)10-18(20)11-23-16-9-14(22-2)7-8-15(16)17(18)19/h3-9,17,19-20H,10-11H2,1-2H3. The summed E-state index contributed by atoms with van der Waals surface area (Å²) in [5.41, 5.74) is 0.0804. The molecule has 0 fully saturated rings. The minimum Gasteiger partial charge on any atom is -0.497 e. The Morgan fingerprint density at radius 3 is 2.39 bits per heavy atom. The van der Waals surface area contributed by atoms with Gasteiger partial charge >= 0.3 is 0 Å². The normalized spacial score (nSPS) is 22.9. The van der Waals surface area contributed by atoms with Crippen molar-refractivity contribution in [1.82, 2.24) is 0 Å². The first-order chi connectivity index (χ1) is 11.1. The molecule has 5 heteroatoms. The van der Waals surface area contributed by atoms with Crippen LogP contribution in [-0.4, -0.2) is 36.6 Å². The summed E-state index contributed by atoms with van der Waals surface area (Å²) >= 11 is 0. The van der Waals surface area contributed by atoms with Crippen LogP contribution in [0.25, 0.3) is 0 Å². The van der Waals surface area contributed by atoms with E-state index in [-0.39, 0.29) is 13.0 Å². The summed E-state index contributed by atoms with van der Waals surface area (Å²) in [4.78, 5) is 0. The third kappa shape index (κ3) is 2.98. The van der Waals surface area contributed by atoms with Gasteiger partial charge in [0.15, 0.2) is 0 Å². The Hall–Kier alpha value is -2.24. The van der Waals surface area contributed by atoms with Crippen molar-refractivity contribution in [2.24, 2.45) is 0 Å². The van der Waals surface area contributed by atoms with Gasteiger partial charge in [-0.1, -0.05) is 12.1 Å². The highest BCUT2D eigenvalue weighted by Gasteiger charge is 2.42. The molecule has 5 nitrogen and oxygen atoms in total. The minimum absolute atomic E-state index is 0.0142. The number of hydrogen-bond acceptors (Lipinski definition) is 5. The molecule has 0 radical (unpaired) electrons. The molecule has 2 aromatic rings. The van der Waals surface area contributed by atoms with Gasteiger partial charge in [-0.25, -0.2) is 0 Å². The van der Waals surface area contributed by atoms with Gasteiger partial charge in [0, 0.05) is 18.1 Å². The average molecular weight is 316 g/mol. The number of rotatable bonds is 4. The first-order valence-electron chi connectivity index (χ1n) is 7.40. The Balaban J connectivity index is 1.84. The van der Waals surface area contributed by atoms with Crippen molar-refractivity contribution in [1.29, 1.82) is 0 Å². The van der Waals surface area contributed by atoms with E-state index in [1.54, 1.807) is 32.4 Å². The molecule has 2 unspecified atom stereocenters. The first kappa shape index (κ1) is 15.6. The van der Waals surface area contributed by atoms with Crippen LogP contribution in [0, 0.1) is 0 Å². The van der Waals surface area contributed by atoms with E-state index < -0.39 is 11.7 Å². The van der Waals surface area contributed by atoms with Crippen LogP contribution in [0.3, 0.4) is 0 Å². The van der Waals surface area contributed by atoms with Crippen LogP contribution in [0.2, 0.25) is 0 Å². The molecule has 2 N–H and O–H groups in total. The summed E-state index contributed by atoms with van der Waals surface area (Å²) < 4.78 is 15.9. The Bertz CT molecular complexity index is 682. The second-order valence-corrected chi connectivity index (χ2v) is 5.72. The van der Waals surface area contributed by atoms with Crippen LogP contribution in [0.15, 0.2) is 42.5 Å². The van der Waals surface area contributed by atoms with Crippen molar-refractivity contribution in [3.63, 3.8) is 0 Å². The predicted molar refractivity (Wildman–Crippen MR) is 85.1 cm³/mol. The second kappa shape index (κ2) is 6.10. The highest BCUT2D eigenvalue weighted by atomic mass is 16.5. The molecule has 1 heterocycles. The third-order valence-electron chi connectivity index (χ3n) is 4.17. The molecular formula is C18H20O5. The summed E-state index contributed by atoms with van der Waals surface area (Å²) in [5, 5.41) is 21.5. The fourth-order valence-corrected chi connectivity index (χ4v) is 2.81. The fraction of sp³-hybridized carbons (Fsp3) is 0.333. The number of aliphatic hydroxyl groups is 2. The Labute approximate surface area is 135 Å².